The van der Waals surface area contributed by atoms with E-state index < -0.39 is 0 Å². The summed E-state index contributed by atoms with van der Waals surface area (Å²) in [5.41, 5.74) is 5.10. The van der Waals surface area contributed by atoms with Gasteiger partial charge in [0.2, 0.25) is 6.79 Å². The van der Waals surface area contributed by atoms with Crippen molar-refractivity contribution in [3.8, 4) is 28.4 Å². The molecule has 0 fully saturated rings. The molecular weight excluding hydrogens is 294 g/mol. The second kappa shape index (κ2) is 4.26. The molecule has 1 atom stereocenters. The topological polar surface area (TPSA) is 67.8 Å². The standard InChI is InChI=1S/C18H15NO4/c1-8-11(20)3-2-10-13(8)15-14-9(4-5-19-16(14)17(10)21)6-12-18(15)23-7-22-12/h2-3,6,16,19-20H,4-5,7H2,1H3. The average Bonchev–Trinajstić information content (AvgIpc) is 3.02. The van der Waals surface area contributed by atoms with Gasteiger partial charge in [0, 0.05) is 23.2 Å². The molecule has 2 aliphatic heterocycles. The predicted octanol–water partition coefficient (Wildman–Crippen LogP) is 2.48. The highest BCUT2D eigenvalue weighted by molar-refractivity contribution is 6.12. The lowest BCUT2D eigenvalue weighted by atomic mass is 9.75. The third-order valence-corrected chi connectivity index (χ3v) is 5.03. The molecule has 0 amide bonds. The number of carbonyl (C=O) groups is 1. The van der Waals surface area contributed by atoms with E-state index in [1.54, 1.807) is 12.1 Å². The Balaban J connectivity index is 1.96. The van der Waals surface area contributed by atoms with Gasteiger partial charge >= 0.3 is 0 Å². The molecule has 1 aliphatic carbocycles. The fourth-order valence-electron chi connectivity index (χ4n) is 3.96. The summed E-state index contributed by atoms with van der Waals surface area (Å²) in [5.74, 6) is 1.64. The third kappa shape index (κ3) is 1.52. The van der Waals surface area contributed by atoms with Gasteiger partial charge in [-0.15, -0.1) is 0 Å². The fourth-order valence-corrected chi connectivity index (χ4v) is 3.96. The number of phenols is 1. The molecule has 23 heavy (non-hydrogen) atoms. The molecule has 0 saturated carbocycles. The molecule has 0 bridgehead atoms. The van der Waals surface area contributed by atoms with E-state index in [1.807, 2.05) is 13.0 Å². The summed E-state index contributed by atoms with van der Waals surface area (Å²) in [6.45, 7) is 2.78. The lowest BCUT2D eigenvalue weighted by Gasteiger charge is -2.34. The molecule has 0 saturated heterocycles. The van der Waals surface area contributed by atoms with Crippen LogP contribution in [0.5, 0.6) is 17.2 Å². The van der Waals surface area contributed by atoms with Gasteiger partial charge in [0.1, 0.15) is 5.75 Å². The highest BCUT2D eigenvalue weighted by Gasteiger charge is 2.40. The first-order valence-electron chi connectivity index (χ1n) is 7.72. The summed E-state index contributed by atoms with van der Waals surface area (Å²) in [4.78, 5) is 12.9. The van der Waals surface area contributed by atoms with Crippen LogP contribution >= 0.6 is 0 Å². The number of hydrogen-bond acceptors (Lipinski definition) is 5. The molecule has 0 aromatic heterocycles. The van der Waals surface area contributed by atoms with Crippen LogP contribution in [-0.2, 0) is 6.42 Å². The van der Waals surface area contributed by atoms with Gasteiger partial charge in [-0.2, -0.15) is 0 Å². The van der Waals surface area contributed by atoms with E-state index >= 15 is 0 Å². The number of carbonyl (C=O) groups excluding carboxylic acids is 1. The molecular formula is C18H15NO4. The van der Waals surface area contributed by atoms with Crippen molar-refractivity contribution in [1.82, 2.24) is 5.32 Å². The second-order valence-corrected chi connectivity index (χ2v) is 6.19. The molecule has 0 spiro atoms. The smallest absolute Gasteiger partial charge is 0.231 e. The summed E-state index contributed by atoms with van der Waals surface area (Å²) >= 11 is 0. The summed E-state index contributed by atoms with van der Waals surface area (Å²) in [5, 5.41) is 13.5. The molecule has 116 valence electrons. The van der Waals surface area contributed by atoms with Crippen LogP contribution in [0.1, 0.15) is 33.1 Å². The fraction of sp³-hybridized carbons (Fsp3) is 0.278. The number of ether oxygens (including phenoxy) is 2. The maximum atomic E-state index is 12.9. The van der Waals surface area contributed by atoms with E-state index in [1.165, 1.54) is 0 Å². The zero-order valence-corrected chi connectivity index (χ0v) is 12.6. The maximum absolute atomic E-state index is 12.9. The van der Waals surface area contributed by atoms with Gasteiger partial charge in [-0.25, -0.2) is 0 Å². The molecule has 2 aromatic rings. The van der Waals surface area contributed by atoms with E-state index in [4.69, 9.17) is 9.47 Å². The van der Waals surface area contributed by atoms with Crippen LogP contribution in [0.4, 0.5) is 0 Å². The average molecular weight is 309 g/mol. The minimum atomic E-state index is -0.348. The lowest BCUT2D eigenvalue weighted by molar-refractivity contribution is 0.0937. The summed E-state index contributed by atoms with van der Waals surface area (Å²) in [6, 6.07) is 4.93. The van der Waals surface area contributed by atoms with E-state index in [0.717, 1.165) is 41.0 Å². The molecule has 2 N–H and O–H groups in total. The van der Waals surface area contributed by atoms with Crippen LogP contribution in [0.2, 0.25) is 0 Å². The van der Waals surface area contributed by atoms with Crippen molar-refractivity contribution >= 4 is 5.78 Å². The largest absolute Gasteiger partial charge is 0.508 e. The Labute approximate surface area is 132 Å². The first-order valence-corrected chi connectivity index (χ1v) is 7.72. The number of benzene rings is 2. The van der Waals surface area contributed by atoms with Crippen LogP contribution in [0.15, 0.2) is 18.2 Å². The Hall–Kier alpha value is -2.53. The minimum absolute atomic E-state index is 0.0513. The Bertz CT molecular complexity index is 887. The zero-order valence-electron chi connectivity index (χ0n) is 12.6. The summed E-state index contributed by atoms with van der Waals surface area (Å²) in [7, 11) is 0. The van der Waals surface area contributed by atoms with Crippen LogP contribution in [0.3, 0.4) is 0 Å². The molecule has 3 aliphatic rings. The van der Waals surface area contributed by atoms with Gasteiger partial charge in [-0.05, 0) is 48.2 Å². The van der Waals surface area contributed by atoms with Gasteiger partial charge in [0.25, 0.3) is 0 Å². The van der Waals surface area contributed by atoms with Crippen molar-refractivity contribution < 1.29 is 19.4 Å². The minimum Gasteiger partial charge on any atom is -0.508 e. The van der Waals surface area contributed by atoms with E-state index in [-0.39, 0.29) is 24.4 Å². The number of rotatable bonds is 0. The Kier molecular flexibility index (Phi) is 2.40. The Morgan fingerprint density at radius 1 is 1.26 bits per heavy atom. The van der Waals surface area contributed by atoms with Crippen LogP contribution in [0.25, 0.3) is 11.1 Å². The monoisotopic (exact) mass is 309 g/mol. The van der Waals surface area contributed by atoms with Crippen molar-refractivity contribution in [2.45, 2.75) is 19.4 Å². The van der Waals surface area contributed by atoms with Crippen molar-refractivity contribution in [2.24, 2.45) is 0 Å². The molecule has 5 rings (SSSR count). The number of phenolic OH excluding ortho intramolecular Hbond substituents is 1. The second-order valence-electron chi connectivity index (χ2n) is 6.19. The van der Waals surface area contributed by atoms with E-state index in [2.05, 4.69) is 5.32 Å². The Morgan fingerprint density at radius 3 is 3.00 bits per heavy atom. The quantitative estimate of drug-likeness (QED) is 0.782. The van der Waals surface area contributed by atoms with Crippen LogP contribution in [0, 0.1) is 6.92 Å². The third-order valence-electron chi connectivity index (χ3n) is 5.03. The molecule has 5 heteroatoms. The predicted molar refractivity (Wildman–Crippen MR) is 83.2 cm³/mol. The van der Waals surface area contributed by atoms with E-state index in [0.29, 0.717) is 16.9 Å². The van der Waals surface area contributed by atoms with Crippen molar-refractivity contribution in [3.05, 3.63) is 40.5 Å². The van der Waals surface area contributed by atoms with E-state index in [9.17, 15) is 9.90 Å². The first kappa shape index (κ1) is 13.0. The number of nitrogens with one attached hydrogen (secondary N) is 1. The molecule has 0 radical (unpaired) electrons. The summed E-state index contributed by atoms with van der Waals surface area (Å²) < 4.78 is 11.3. The number of ketones is 1. The van der Waals surface area contributed by atoms with Gasteiger partial charge in [-0.1, -0.05) is 0 Å². The van der Waals surface area contributed by atoms with Gasteiger partial charge in [0.05, 0.1) is 6.04 Å². The molecule has 5 nitrogen and oxygen atoms in total. The lowest BCUT2D eigenvalue weighted by Crippen LogP contribution is -2.38. The number of hydrogen-bond donors (Lipinski definition) is 2. The van der Waals surface area contributed by atoms with Crippen molar-refractivity contribution in [2.75, 3.05) is 13.3 Å². The molecule has 1 unspecified atom stereocenters. The van der Waals surface area contributed by atoms with Gasteiger partial charge < -0.3 is 19.9 Å². The number of aromatic hydroxyl groups is 1. The Morgan fingerprint density at radius 2 is 2.13 bits per heavy atom. The van der Waals surface area contributed by atoms with Crippen molar-refractivity contribution in [1.29, 1.82) is 0 Å². The molecule has 2 aromatic carbocycles. The van der Waals surface area contributed by atoms with Crippen molar-refractivity contribution in [3.63, 3.8) is 0 Å². The van der Waals surface area contributed by atoms with Gasteiger partial charge in [0.15, 0.2) is 17.3 Å². The SMILES string of the molecule is Cc1c(O)ccc2c1-c1c3c(cc4c1C(NCC4)C2=O)OCO3. The highest BCUT2D eigenvalue weighted by atomic mass is 16.7. The normalized spacial score (nSPS) is 20.2. The molecule has 2 heterocycles. The van der Waals surface area contributed by atoms with Crippen LogP contribution < -0.4 is 14.8 Å². The summed E-state index contributed by atoms with van der Waals surface area (Å²) in [6.07, 6.45) is 0.843. The van der Waals surface area contributed by atoms with Gasteiger partial charge in [-0.3, -0.25) is 4.79 Å². The number of Topliss-reactive ketones (excluding diaryl/α,β-unsaturated/α-hetero) is 1. The zero-order chi connectivity index (χ0) is 15.7. The first-order chi connectivity index (χ1) is 11.2. The maximum Gasteiger partial charge on any atom is 0.231 e. The van der Waals surface area contributed by atoms with Crippen LogP contribution in [-0.4, -0.2) is 24.2 Å². The highest BCUT2D eigenvalue weighted by Crippen LogP contribution is 2.53. The number of fused-ring (bicyclic) bond motifs is 4.